The van der Waals surface area contributed by atoms with Gasteiger partial charge in [-0.25, -0.2) is 4.98 Å². The van der Waals surface area contributed by atoms with Crippen LogP contribution in [0.5, 0.6) is 0 Å². The highest BCUT2D eigenvalue weighted by molar-refractivity contribution is 7.71. The van der Waals surface area contributed by atoms with Crippen molar-refractivity contribution >= 4 is 19.8 Å². The molecular formula is C22H33N2O7PS. The molecule has 33 heavy (non-hydrogen) atoms. The molecule has 0 saturated carbocycles. The molecule has 0 aromatic rings. The lowest BCUT2D eigenvalue weighted by molar-refractivity contribution is -0.0544. The van der Waals surface area contributed by atoms with Crippen molar-refractivity contribution in [3.8, 4) is 11.4 Å². The molecule has 0 spiro atoms. The Morgan fingerprint density at radius 2 is 1.91 bits per heavy atom. The van der Waals surface area contributed by atoms with Gasteiger partial charge in [-0.05, 0) is 44.4 Å². The van der Waals surface area contributed by atoms with Crippen LogP contribution in [0.25, 0.3) is 11.4 Å². The van der Waals surface area contributed by atoms with Crippen LogP contribution < -0.4 is 0 Å². The maximum absolute atomic E-state index is 13.0. The maximum Gasteiger partial charge on any atom is 0.359 e. The van der Waals surface area contributed by atoms with Crippen molar-refractivity contribution in [3.05, 3.63) is 34.6 Å². The van der Waals surface area contributed by atoms with Gasteiger partial charge in [-0.2, -0.15) is 0 Å². The summed E-state index contributed by atoms with van der Waals surface area (Å²) >= 11 is 5.39. The van der Waals surface area contributed by atoms with Crippen molar-refractivity contribution < 1.29 is 34.0 Å². The third kappa shape index (κ3) is 5.09. The van der Waals surface area contributed by atoms with Gasteiger partial charge < -0.3 is 34.5 Å². The number of H-pyrrole nitrogens is 1. The number of nitrogens with zero attached hydrogens (tertiary/aromatic N) is 1. The van der Waals surface area contributed by atoms with Gasteiger partial charge in [0.1, 0.15) is 28.8 Å². The second kappa shape index (κ2) is 9.79. The number of aliphatic hydroxyl groups excluding tert-OH is 2. The quantitative estimate of drug-likeness (QED) is 0.257. The molecule has 5 N–H and O–H groups in total. The molecule has 0 radical (unpaired) electrons. The summed E-state index contributed by atoms with van der Waals surface area (Å²) in [6.07, 6.45) is -2.18. The number of aromatic nitrogens is 2. The summed E-state index contributed by atoms with van der Waals surface area (Å²) in [4.78, 5) is 17.9. The highest BCUT2D eigenvalue weighted by Crippen LogP contribution is 2.60. The Balaban J connectivity index is 1.85. The highest BCUT2D eigenvalue weighted by atomic mass is 32.1. The highest BCUT2D eigenvalue weighted by Gasteiger charge is 2.51. The minimum atomic E-state index is -4.43. The van der Waals surface area contributed by atoms with E-state index in [0.29, 0.717) is 17.8 Å². The molecule has 0 aromatic carbocycles. The van der Waals surface area contributed by atoms with Gasteiger partial charge in [-0.3, -0.25) is 4.57 Å². The number of pyridine rings is 2. The largest absolute Gasteiger partial charge is 0.388 e. The topological polar surface area (TPSA) is 145 Å². The molecule has 11 heteroatoms. The van der Waals surface area contributed by atoms with Crippen LogP contribution >= 0.6 is 19.8 Å². The smallest absolute Gasteiger partial charge is 0.359 e. The first-order chi connectivity index (χ1) is 15.4. The molecule has 6 atom stereocenters. The normalized spacial score (nSPS) is 27.4. The molecule has 0 aromatic heterocycles. The summed E-state index contributed by atoms with van der Waals surface area (Å²) in [5.41, 5.74) is 0.0524. The van der Waals surface area contributed by atoms with E-state index < -0.39 is 43.0 Å². The van der Waals surface area contributed by atoms with Crippen molar-refractivity contribution in [1.82, 2.24) is 9.97 Å². The van der Waals surface area contributed by atoms with Crippen molar-refractivity contribution in [3.63, 3.8) is 0 Å². The van der Waals surface area contributed by atoms with Gasteiger partial charge in [0.15, 0.2) is 5.34 Å². The van der Waals surface area contributed by atoms with E-state index in [0.717, 1.165) is 5.56 Å². The van der Waals surface area contributed by atoms with Gasteiger partial charge in [0.25, 0.3) is 0 Å². The molecule has 3 heterocycles. The van der Waals surface area contributed by atoms with Crippen LogP contribution in [-0.4, -0.2) is 59.4 Å². The Bertz CT molecular complexity index is 1050. The Morgan fingerprint density at radius 1 is 1.24 bits per heavy atom. The van der Waals surface area contributed by atoms with Crippen molar-refractivity contribution in [2.75, 3.05) is 0 Å². The Morgan fingerprint density at radius 3 is 2.52 bits per heavy atom. The minimum absolute atomic E-state index is 0.0217. The molecule has 184 valence electrons. The third-order valence-electron chi connectivity index (χ3n) is 6.69. The minimum Gasteiger partial charge on any atom is -0.388 e. The van der Waals surface area contributed by atoms with E-state index in [-0.39, 0.29) is 23.9 Å². The second-order valence-corrected chi connectivity index (χ2v) is 11.3. The van der Waals surface area contributed by atoms with E-state index in [9.17, 15) is 24.8 Å². The fraction of sp³-hybridized carbons (Fsp3) is 0.636. The predicted molar refractivity (Wildman–Crippen MR) is 125 cm³/mol. The van der Waals surface area contributed by atoms with E-state index in [1.165, 1.54) is 0 Å². The second-order valence-electron chi connectivity index (χ2n) is 8.88. The Labute approximate surface area is 198 Å². The summed E-state index contributed by atoms with van der Waals surface area (Å²) in [7, 11) is -4.43. The van der Waals surface area contributed by atoms with E-state index in [2.05, 4.69) is 9.97 Å². The summed E-state index contributed by atoms with van der Waals surface area (Å²) in [5, 5.41) is 30.2. The van der Waals surface area contributed by atoms with Crippen LogP contribution in [-0.2, 0) is 13.8 Å². The Hall–Kier alpha value is -1.23. The maximum atomic E-state index is 13.0. The summed E-state index contributed by atoms with van der Waals surface area (Å²) in [6.45, 7) is 6.64. The molecule has 0 aliphatic carbocycles. The number of nitrogens with one attached hydrogen (secondary N) is 1. The lowest BCUT2D eigenvalue weighted by Gasteiger charge is -2.38. The zero-order valence-corrected chi connectivity index (χ0v) is 21.0. The number of fused-ring (bicyclic) bond motifs is 1. The fourth-order valence-electron chi connectivity index (χ4n) is 4.13. The van der Waals surface area contributed by atoms with Gasteiger partial charge in [0.05, 0.1) is 11.7 Å². The van der Waals surface area contributed by atoms with E-state index in [4.69, 9.17) is 21.5 Å². The summed E-state index contributed by atoms with van der Waals surface area (Å²) in [5.74, 6) is 0.598. The van der Waals surface area contributed by atoms with Crippen molar-refractivity contribution in [2.45, 2.75) is 88.7 Å². The summed E-state index contributed by atoms with van der Waals surface area (Å²) < 4.78 is 24.9. The van der Waals surface area contributed by atoms with Crippen molar-refractivity contribution in [2.24, 2.45) is 0 Å². The van der Waals surface area contributed by atoms with Gasteiger partial charge in [-0.1, -0.05) is 33.0 Å². The monoisotopic (exact) mass is 500 g/mol. The zero-order chi connectivity index (χ0) is 24.6. The van der Waals surface area contributed by atoms with Gasteiger partial charge in [-0.15, -0.1) is 0 Å². The number of aliphatic hydroxyl groups is 3. The van der Waals surface area contributed by atoms with Crippen LogP contribution in [0.3, 0.4) is 0 Å². The van der Waals surface area contributed by atoms with E-state index in [1.54, 1.807) is 40.0 Å². The number of aromatic amines is 1. The molecule has 3 aliphatic rings. The first kappa shape index (κ1) is 26.4. The molecule has 3 aliphatic heterocycles. The SMILES string of the molecule is CCC(C)(C[C@H]1O[C@@H](c2cc3ccc[nH]c-3nc2=S)[C@@H](O)C1O)OP(=O)(O)C(O)(CC)CC. The third-order valence-corrected chi connectivity index (χ3v) is 9.39. The standard InChI is InChI=1S/C22H33N2O7PS/c1-5-21(4,31-32(28,29)22(27,6-2)7-3)12-15-16(25)17(26)18(30-15)14-11-13-9-8-10-23-19(13)24-20(14)33/h8-11,15-18,25-27H,5-7,12H2,1-4H3,(H,28,29)(H,23,24,33)/t15-,16?,17+,18+,21?/m1/s1. The average Bonchev–Trinajstić information content (AvgIpc) is 3.05. The lowest BCUT2D eigenvalue weighted by Crippen LogP contribution is -2.40. The molecule has 0 amide bonds. The van der Waals surface area contributed by atoms with Gasteiger partial charge in [0.2, 0.25) is 0 Å². The first-order valence-electron chi connectivity index (χ1n) is 11.2. The number of hydrogen-bond donors (Lipinski definition) is 5. The predicted octanol–water partition coefficient (Wildman–Crippen LogP) is 3.68. The molecular weight excluding hydrogens is 467 g/mol. The Kier molecular flexibility index (Phi) is 7.83. The van der Waals surface area contributed by atoms with E-state index >= 15 is 0 Å². The lowest BCUT2D eigenvalue weighted by atomic mass is 9.92. The van der Waals surface area contributed by atoms with Crippen LogP contribution in [0.1, 0.15) is 65.0 Å². The van der Waals surface area contributed by atoms with Crippen LogP contribution in [0.2, 0.25) is 0 Å². The number of hydrogen-bond acceptors (Lipinski definition) is 8. The molecule has 9 nitrogen and oxygen atoms in total. The molecule has 3 unspecified atom stereocenters. The average molecular weight is 501 g/mol. The molecule has 0 bridgehead atoms. The van der Waals surface area contributed by atoms with Crippen LogP contribution in [0, 0.1) is 4.64 Å². The number of ether oxygens (including phenoxy) is 1. The van der Waals surface area contributed by atoms with Crippen LogP contribution in [0.4, 0.5) is 0 Å². The molecule has 1 fully saturated rings. The van der Waals surface area contributed by atoms with E-state index in [1.807, 2.05) is 12.1 Å². The summed E-state index contributed by atoms with van der Waals surface area (Å²) in [6, 6.07) is 5.42. The zero-order valence-electron chi connectivity index (χ0n) is 19.3. The van der Waals surface area contributed by atoms with Crippen LogP contribution in [0.15, 0.2) is 24.4 Å². The van der Waals surface area contributed by atoms with Gasteiger partial charge >= 0.3 is 7.60 Å². The van der Waals surface area contributed by atoms with Gasteiger partial charge in [0, 0.05) is 23.7 Å². The number of rotatable bonds is 9. The fourth-order valence-corrected chi connectivity index (χ4v) is 6.17. The first-order valence-corrected chi connectivity index (χ1v) is 13.1. The molecule has 3 rings (SSSR count). The van der Waals surface area contributed by atoms with Crippen molar-refractivity contribution in [1.29, 1.82) is 0 Å². The molecule has 1 saturated heterocycles.